The Morgan fingerprint density at radius 1 is 1.00 bits per heavy atom. The third-order valence-corrected chi connectivity index (χ3v) is 4.28. The highest BCUT2D eigenvalue weighted by molar-refractivity contribution is 5.83. The second kappa shape index (κ2) is 7.42. The van der Waals surface area contributed by atoms with Crippen molar-refractivity contribution in [2.24, 2.45) is 0 Å². The Morgan fingerprint density at radius 2 is 1.64 bits per heavy atom. The van der Waals surface area contributed by atoms with E-state index in [-0.39, 0.29) is 31.3 Å². The standard InChI is InChI=1S/C17H20N2O6/c20-15(5-6-16(21)22)18-7-9-19(10-8-18)17(23)14-11-24-12-3-1-2-4-13(12)25-14/h1-4,14H,5-11H2,(H,21,22). The minimum atomic E-state index is -0.989. The van der Waals surface area contributed by atoms with Gasteiger partial charge in [0.25, 0.3) is 5.91 Å². The first-order chi connectivity index (χ1) is 12.0. The Morgan fingerprint density at radius 3 is 2.32 bits per heavy atom. The van der Waals surface area contributed by atoms with Gasteiger partial charge in [-0.05, 0) is 12.1 Å². The van der Waals surface area contributed by atoms with Crippen LogP contribution in [0.15, 0.2) is 24.3 Å². The molecule has 1 N–H and O–H groups in total. The van der Waals surface area contributed by atoms with E-state index in [9.17, 15) is 14.4 Å². The number of nitrogens with zero attached hydrogens (tertiary/aromatic N) is 2. The van der Waals surface area contributed by atoms with Crippen molar-refractivity contribution in [2.45, 2.75) is 18.9 Å². The average Bonchev–Trinajstić information content (AvgIpc) is 2.65. The number of carboxylic acid groups (broad SMARTS) is 1. The molecule has 8 nitrogen and oxygen atoms in total. The van der Waals surface area contributed by atoms with Gasteiger partial charge >= 0.3 is 5.97 Å². The number of carbonyl (C=O) groups excluding carboxylic acids is 2. The number of aliphatic carboxylic acids is 1. The molecule has 134 valence electrons. The van der Waals surface area contributed by atoms with Crippen LogP contribution in [0.3, 0.4) is 0 Å². The highest BCUT2D eigenvalue weighted by Crippen LogP contribution is 2.31. The van der Waals surface area contributed by atoms with Gasteiger partial charge < -0.3 is 24.4 Å². The fourth-order valence-corrected chi connectivity index (χ4v) is 2.89. The van der Waals surface area contributed by atoms with E-state index < -0.39 is 12.1 Å². The molecule has 2 aliphatic heterocycles. The Hall–Kier alpha value is -2.77. The predicted molar refractivity (Wildman–Crippen MR) is 86.4 cm³/mol. The second-order valence-electron chi connectivity index (χ2n) is 5.96. The summed E-state index contributed by atoms with van der Waals surface area (Å²) in [5.74, 6) is -0.167. The zero-order valence-corrected chi connectivity index (χ0v) is 13.7. The number of benzene rings is 1. The molecule has 2 aliphatic rings. The molecule has 2 amide bonds. The van der Waals surface area contributed by atoms with Gasteiger partial charge in [0.15, 0.2) is 11.5 Å². The van der Waals surface area contributed by atoms with Crippen LogP contribution in [0.25, 0.3) is 0 Å². The van der Waals surface area contributed by atoms with Crippen LogP contribution in [-0.2, 0) is 14.4 Å². The maximum absolute atomic E-state index is 12.6. The van der Waals surface area contributed by atoms with Gasteiger partial charge in [0, 0.05) is 32.6 Å². The summed E-state index contributed by atoms with van der Waals surface area (Å²) in [6, 6.07) is 7.20. The monoisotopic (exact) mass is 348 g/mol. The molecular weight excluding hydrogens is 328 g/mol. The van der Waals surface area contributed by atoms with Crippen LogP contribution in [-0.4, -0.2) is 71.6 Å². The quantitative estimate of drug-likeness (QED) is 0.844. The highest BCUT2D eigenvalue weighted by atomic mass is 16.6. The van der Waals surface area contributed by atoms with Crippen LogP contribution in [0, 0.1) is 0 Å². The summed E-state index contributed by atoms with van der Waals surface area (Å²) in [6.07, 6.45) is -0.881. The molecule has 0 saturated carbocycles. The Balaban J connectivity index is 1.51. The SMILES string of the molecule is O=C(O)CCC(=O)N1CCN(C(=O)C2COc3ccccc3O2)CC1. The summed E-state index contributed by atoms with van der Waals surface area (Å²) in [5, 5.41) is 8.64. The normalized spacial score (nSPS) is 19.4. The molecule has 8 heteroatoms. The molecule has 3 rings (SSSR count). The number of hydrogen-bond acceptors (Lipinski definition) is 5. The van der Waals surface area contributed by atoms with E-state index in [0.29, 0.717) is 37.7 Å². The number of hydrogen-bond donors (Lipinski definition) is 1. The number of rotatable bonds is 4. The van der Waals surface area contributed by atoms with Gasteiger partial charge in [0.2, 0.25) is 12.0 Å². The van der Waals surface area contributed by atoms with Gasteiger partial charge in [-0.15, -0.1) is 0 Å². The number of piperazine rings is 1. The zero-order chi connectivity index (χ0) is 17.8. The van der Waals surface area contributed by atoms with E-state index in [1.165, 1.54) is 0 Å². The summed E-state index contributed by atoms with van der Waals surface area (Å²) >= 11 is 0. The van der Waals surface area contributed by atoms with Crippen molar-refractivity contribution in [2.75, 3.05) is 32.8 Å². The lowest BCUT2D eigenvalue weighted by Gasteiger charge is -2.37. The molecule has 1 saturated heterocycles. The number of para-hydroxylation sites is 2. The Kier molecular flexibility index (Phi) is 5.06. The Bertz CT molecular complexity index is 669. The number of carbonyl (C=O) groups is 3. The fraction of sp³-hybridized carbons (Fsp3) is 0.471. The lowest BCUT2D eigenvalue weighted by atomic mass is 10.2. The van der Waals surface area contributed by atoms with Gasteiger partial charge in [-0.25, -0.2) is 0 Å². The molecule has 1 fully saturated rings. The van der Waals surface area contributed by atoms with Crippen LogP contribution in [0.1, 0.15) is 12.8 Å². The topological polar surface area (TPSA) is 96.4 Å². The molecular formula is C17H20N2O6. The van der Waals surface area contributed by atoms with Crippen molar-refractivity contribution in [1.29, 1.82) is 0 Å². The number of fused-ring (bicyclic) bond motifs is 1. The first-order valence-corrected chi connectivity index (χ1v) is 8.21. The molecule has 25 heavy (non-hydrogen) atoms. The Labute approximate surface area is 144 Å². The molecule has 1 aromatic rings. The fourth-order valence-electron chi connectivity index (χ4n) is 2.89. The largest absolute Gasteiger partial charge is 0.485 e. The third-order valence-electron chi connectivity index (χ3n) is 4.28. The minimum Gasteiger partial charge on any atom is -0.485 e. The molecule has 0 spiro atoms. The van der Waals surface area contributed by atoms with Crippen molar-refractivity contribution in [3.05, 3.63) is 24.3 Å². The van der Waals surface area contributed by atoms with Gasteiger partial charge in [0.1, 0.15) is 6.61 Å². The molecule has 1 atom stereocenters. The molecule has 0 radical (unpaired) electrons. The molecule has 0 aromatic heterocycles. The van der Waals surface area contributed by atoms with Crippen LogP contribution >= 0.6 is 0 Å². The number of ether oxygens (including phenoxy) is 2. The third kappa shape index (κ3) is 4.01. The predicted octanol–water partition coefficient (Wildman–Crippen LogP) is 0.362. The summed E-state index contributed by atoms with van der Waals surface area (Å²) < 4.78 is 11.3. The summed E-state index contributed by atoms with van der Waals surface area (Å²) in [4.78, 5) is 38.3. The van der Waals surface area contributed by atoms with Crippen molar-refractivity contribution in [1.82, 2.24) is 9.80 Å². The molecule has 0 bridgehead atoms. The zero-order valence-electron chi connectivity index (χ0n) is 13.7. The molecule has 0 aliphatic carbocycles. The first kappa shape index (κ1) is 17.1. The smallest absolute Gasteiger partial charge is 0.303 e. The van der Waals surface area contributed by atoms with Crippen LogP contribution in [0.2, 0.25) is 0 Å². The second-order valence-corrected chi connectivity index (χ2v) is 5.96. The van der Waals surface area contributed by atoms with E-state index >= 15 is 0 Å². The van der Waals surface area contributed by atoms with E-state index in [1.807, 2.05) is 12.1 Å². The minimum absolute atomic E-state index is 0.0142. The van der Waals surface area contributed by atoms with Crippen LogP contribution in [0.4, 0.5) is 0 Å². The molecule has 1 aromatic carbocycles. The maximum atomic E-state index is 12.6. The van der Waals surface area contributed by atoms with E-state index in [0.717, 1.165) is 0 Å². The van der Waals surface area contributed by atoms with E-state index in [1.54, 1.807) is 21.9 Å². The maximum Gasteiger partial charge on any atom is 0.303 e. The van der Waals surface area contributed by atoms with E-state index in [2.05, 4.69) is 0 Å². The van der Waals surface area contributed by atoms with Crippen molar-refractivity contribution < 1.29 is 29.0 Å². The van der Waals surface area contributed by atoms with Crippen LogP contribution in [0.5, 0.6) is 11.5 Å². The number of carboxylic acids is 1. The van der Waals surface area contributed by atoms with Gasteiger partial charge in [-0.2, -0.15) is 0 Å². The molecule has 1 unspecified atom stereocenters. The van der Waals surface area contributed by atoms with E-state index in [4.69, 9.17) is 14.6 Å². The number of amides is 2. The highest BCUT2D eigenvalue weighted by Gasteiger charge is 2.33. The summed E-state index contributed by atoms with van der Waals surface area (Å²) in [5.41, 5.74) is 0. The van der Waals surface area contributed by atoms with Gasteiger partial charge in [-0.1, -0.05) is 12.1 Å². The van der Waals surface area contributed by atoms with Crippen LogP contribution < -0.4 is 9.47 Å². The van der Waals surface area contributed by atoms with Crippen molar-refractivity contribution >= 4 is 17.8 Å². The van der Waals surface area contributed by atoms with Crippen molar-refractivity contribution in [3.63, 3.8) is 0 Å². The summed E-state index contributed by atoms with van der Waals surface area (Å²) in [6.45, 7) is 1.76. The first-order valence-electron chi connectivity index (χ1n) is 8.21. The molecule has 2 heterocycles. The van der Waals surface area contributed by atoms with Gasteiger partial charge in [0.05, 0.1) is 6.42 Å². The van der Waals surface area contributed by atoms with Crippen molar-refractivity contribution in [3.8, 4) is 11.5 Å². The average molecular weight is 348 g/mol. The lowest BCUT2D eigenvalue weighted by molar-refractivity contribution is -0.146. The summed E-state index contributed by atoms with van der Waals surface area (Å²) in [7, 11) is 0. The lowest BCUT2D eigenvalue weighted by Crippen LogP contribution is -2.55. The van der Waals surface area contributed by atoms with Gasteiger partial charge in [-0.3, -0.25) is 14.4 Å².